The number of nitro groups is 1. The summed E-state index contributed by atoms with van der Waals surface area (Å²) in [6.07, 6.45) is 1.32. The molecular weight excluding hydrogens is 230 g/mol. The van der Waals surface area contributed by atoms with Crippen LogP contribution in [-0.2, 0) is 0 Å². The SMILES string of the molecule is O=[N+]([O-])c1ccc(N2CC3CNCC(C3)C2)cc1. The molecule has 2 saturated heterocycles. The Labute approximate surface area is 106 Å². The first-order chi connectivity index (χ1) is 8.72. The standard InChI is InChI=1S/C13H17N3O2/c17-16(18)13-3-1-12(2-4-13)15-8-10-5-11(9-15)7-14-6-10/h1-4,10-11,14H,5-9H2. The topological polar surface area (TPSA) is 58.4 Å². The molecule has 2 unspecified atom stereocenters. The number of hydrogen-bond acceptors (Lipinski definition) is 4. The van der Waals surface area contributed by atoms with Gasteiger partial charge in [0, 0.05) is 30.9 Å². The zero-order valence-corrected chi connectivity index (χ0v) is 10.2. The highest BCUT2D eigenvalue weighted by Crippen LogP contribution is 2.29. The third-order valence-corrected chi connectivity index (χ3v) is 3.92. The van der Waals surface area contributed by atoms with Gasteiger partial charge in [0.1, 0.15) is 0 Å². The second-order valence-electron chi connectivity index (χ2n) is 5.30. The Bertz CT molecular complexity index is 434. The molecule has 0 spiro atoms. The fourth-order valence-electron chi connectivity index (χ4n) is 3.10. The van der Waals surface area contributed by atoms with Crippen LogP contribution in [0.1, 0.15) is 6.42 Å². The quantitative estimate of drug-likeness (QED) is 0.637. The van der Waals surface area contributed by atoms with Crippen LogP contribution < -0.4 is 10.2 Å². The molecule has 96 valence electrons. The highest BCUT2D eigenvalue weighted by atomic mass is 16.6. The van der Waals surface area contributed by atoms with Crippen LogP contribution in [0.5, 0.6) is 0 Å². The molecule has 2 aliphatic heterocycles. The number of fused-ring (bicyclic) bond motifs is 2. The van der Waals surface area contributed by atoms with Crippen molar-refractivity contribution < 1.29 is 4.92 Å². The maximum atomic E-state index is 10.6. The predicted octanol–water partition coefficient (Wildman–Crippen LogP) is 1.64. The lowest BCUT2D eigenvalue weighted by atomic mass is 9.85. The number of rotatable bonds is 2. The molecule has 3 rings (SSSR count). The van der Waals surface area contributed by atoms with Gasteiger partial charge in [0.05, 0.1) is 4.92 Å². The van der Waals surface area contributed by atoms with E-state index in [0.29, 0.717) is 11.8 Å². The van der Waals surface area contributed by atoms with E-state index in [-0.39, 0.29) is 10.6 Å². The van der Waals surface area contributed by atoms with Crippen molar-refractivity contribution in [2.45, 2.75) is 6.42 Å². The van der Waals surface area contributed by atoms with Crippen molar-refractivity contribution in [2.75, 3.05) is 31.1 Å². The molecule has 2 bridgehead atoms. The van der Waals surface area contributed by atoms with E-state index in [1.165, 1.54) is 6.42 Å². The van der Waals surface area contributed by atoms with Gasteiger partial charge in [0.25, 0.3) is 5.69 Å². The molecule has 1 N–H and O–H groups in total. The summed E-state index contributed by atoms with van der Waals surface area (Å²) in [5, 5.41) is 14.1. The minimum Gasteiger partial charge on any atom is -0.371 e. The van der Waals surface area contributed by atoms with Gasteiger partial charge in [0.2, 0.25) is 0 Å². The fourth-order valence-corrected chi connectivity index (χ4v) is 3.10. The Morgan fingerprint density at radius 2 is 1.78 bits per heavy atom. The fraction of sp³-hybridized carbons (Fsp3) is 0.538. The highest BCUT2D eigenvalue weighted by Gasteiger charge is 2.30. The summed E-state index contributed by atoms with van der Waals surface area (Å²) in [7, 11) is 0. The number of piperidine rings is 2. The van der Waals surface area contributed by atoms with E-state index in [9.17, 15) is 10.1 Å². The van der Waals surface area contributed by atoms with E-state index in [1.807, 2.05) is 12.1 Å². The Kier molecular flexibility index (Phi) is 2.91. The maximum absolute atomic E-state index is 10.6. The average molecular weight is 247 g/mol. The Hall–Kier alpha value is -1.62. The molecule has 2 aliphatic rings. The third-order valence-electron chi connectivity index (χ3n) is 3.92. The molecule has 0 aromatic heterocycles. The van der Waals surface area contributed by atoms with Crippen molar-refractivity contribution in [3.8, 4) is 0 Å². The van der Waals surface area contributed by atoms with Crippen LogP contribution in [0.3, 0.4) is 0 Å². The minimum absolute atomic E-state index is 0.164. The normalized spacial score (nSPS) is 27.0. The van der Waals surface area contributed by atoms with Gasteiger partial charge in [-0.1, -0.05) is 0 Å². The molecule has 18 heavy (non-hydrogen) atoms. The van der Waals surface area contributed by atoms with Gasteiger partial charge in [-0.25, -0.2) is 0 Å². The summed E-state index contributed by atoms with van der Waals surface area (Å²) in [5.74, 6) is 1.43. The molecule has 0 radical (unpaired) electrons. The molecule has 2 heterocycles. The molecule has 0 aliphatic carbocycles. The third kappa shape index (κ3) is 2.18. The molecule has 2 atom stereocenters. The van der Waals surface area contributed by atoms with Crippen molar-refractivity contribution in [3.63, 3.8) is 0 Å². The number of hydrogen-bond donors (Lipinski definition) is 1. The smallest absolute Gasteiger partial charge is 0.269 e. The number of nitrogens with zero attached hydrogens (tertiary/aromatic N) is 2. The van der Waals surface area contributed by atoms with Gasteiger partial charge < -0.3 is 10.2 Å². The minimum atomic E-state index is -0.349. The van der Waals surface area contributed by atoms with E-state index in [0.717, 1.165) is 31.9 Å². The zero-order chi connectivity index (χ0) is 12.5. The van der Waals surface area contributed by atoms with Crippen molar-refractivity contribution in [1.82, 2.24) is 5.32 Å². The molecule has 1 aromatic rings. The van der Waals surface area contributed by atoms with Crippen LogP contribution in [0.15, 0.2) is 24.3 Å². The van der Waals surface area contributed by atoms with E-state index < -0.39 is 0 Å². The molecule has 5 nitrogen and oxygen atoms in total. The summed E-state index contributed by atoms with van der Waals surface area (Å²) in [6.45, 7) is 4.31. The number of nitro benzene ring substituents is 1. The van der Waals surface area contributed by atoms with Crippen LogP contribution in [0.25, 0.3) is 0 Å². The summed E-state index contributed by atoms with van der Waals surface area (Å²) >= 11 is 0. The Balaban J connectivity index is 1.76. The van der Waals surface area contributed by atoms with E-state index >= 15 is 0 Å². The summed E-state index contributed by atoms with van der Waals surface area (Å²) < 4.78 is 0. The van der Waals surface area contributed by atoms with E-state index in [2.05, 4.69) is 10.2 Å². The van der Waals surface area contributed by atoms with E-state index in [4.69, 9.17) is 0 Å². The maximum Gasteiger partial charge on any atom is 0.269 e. The lowest BCUT2D eigenvalue weighted by Gasteiger charge is -2.42. The van der Waals surface area contributed by atoms with Gasteiger partial charge >= 0.3 is 0 Å². The van der Waals surface area contributed by atoms with Crippen molar-refractivity contribution in [2.24, 2.45) is 11.8 Å². The molecule has 1 aromatic carbocycles. The highest BCUT2D eigenvalue weighted by molar-refractivity contribution is 5.51. The van der Waals surface area contributed by atoms with Crippen molar-refractivity contribution in [3.05, 3.63) is 34.4 Å². The molecular formula is C13H17N3O2. The molecule has 0 saturated carbocycles. The van der Waals surface area contributed by atoms with Crippen LogP contribution in [0.4, 0.5) is 11.4 Å². The van der Waals surface area contributed by atoms with Gasteiger partial charge in [-0.15, -0.1) is 0 Å². The molecule has 5 heteroatoms. The number of nitrogens with one attached hydrogen (secondary N) is 1. The largest absolute Gasteiger partial charge is 0.371 e. The Morgan fingerprint density at radius 3 is 2.33 bits per heavy atom. The monoisotopic (exact) mass is 247 g/mol. The zero-order valence-electron chi connectivity index (χ0n) is 10.2. The van der Waals surface area contributed by atoms with E-state index in [1.54, 1.807) is 12.1 Å². The predicted molar refractivity (Wildman–Crippen MR) is 69.8 cm³/mol. The van der Waals surface area contributed by atoms with Crippen molar-refractivity contribution >= 4 is 11.4 Å². The first kappa shape index (κ1) is 11.5. The second-order valence-corrected chi connectivity index (χ2v) is 5.30. The van der Waals surface area contributed by atoms with Crippen LogP contribution in [0, 0.1) is 22.0 Å². The number of non-ortho nitro benzene ring substituents is 1. The van der Waals surface area contributed by atoms with Gasteiger partial charge in [-0.05, 0) is 43.5 Å². The summed E-state index contributed by atoms with van der Waals surface area (Å²) in [5.41, 5.74) is 1.27. The van der Waals surface area contributed by atoms with Crippen LogP contribution in [-0.4, -0.2) is 31.1 Å². The first-order valence-corrected chi connectivity index (χ1v) is 6.42. The van der Waals surface area contributed by atoms with Gasteiger partial charge in [-0.3, -0.25) is 10.1 Å². The average Bonchev–Trinajstić information content (AvgIpc) is 2.38. The summed E-state index contributed by atoms with van der Waals surface area (Å²) in [4.78, 5) is 12.6. The van der Waals surface area contributed by atoms with Gasteiger partial charge in [-0.2, -0.15) is 0 Å². The first-order valence-electron chi connectivity index (χ1n) is 6.42. The second kappa shape index (κ2) is 4.57. The lowest BCUT2D eigenvalue weighted by molar-refractivity contribution is -0.384. The van der Waals surface area contributed by atoms with Gasteiger partial charge in [0.15, 0.2) is 0 Å². The van der Waals surface area contributed by atoms with Crippen molar-refractivity contribution in [1.29, 1.82) is 0 Å². The number of benzene rings is 1. The summed E-state index contributed by atoms with van der Waals surface area (Å²) in [6, 6.07) is 6.93. The molecule has 2 fully saturated rings. The Morgan fingerprint density at radius 1 is 1.17 bits per heavy atom. The van der Waals surface area contributed by atoms with Crippen LogP contribution >= 0.6 is 0 Å². The lowest BCUT2D eigenvalue weighted by Crippen LogP contribution is -2.51. The van der Waals surface area contributed by atoms with Crippen LogP contribution in [0.2, 0.25) is 0 Å². The molecule has 0 amide bonds. The number of anilines is 1.